The van der Waals surface area contributed by atoms with E-state index >= 15 is 0 Å². The topological polar surface area (TPSA) is 51.5 Å². The van der Waals surface area contributed by atoms with Gasteiger partial charge < -0.3 is 14.5 Å². The van der Waals surface area contributed by atoms with E-state index in [1.807, 2.05) is 42.5 Å². The van der Waals surface area contributed by atoms with E-state index in [1.54, 1.807) is 0 Å². The minimum Gasteiger partial charge on any atom is -0.456 e. The van der Waals surface area contributed by atoms with Crippen LogP contribution in [0.25, 0.3) is 21.9 Å². The van der Waals surface area contributed by atoms with E-state index in [4.69, 9.17) is 9.15 Å². The van der Waals surface area contributed by atoms with Crippen molar-refractivity contribution in [3.8, 4) is 0 Å². The summed E-state index contributed by atoms with van der Waals surface area (Å²) in [6, 6.07) is 13.6. The number of benzene rings is 2. The Morgan fingerprint density at radius 2 is 1.95 bits per heavy atom. The number of hydrogen-bond donors (Lipinski definition) is 1. The van der Waals surface area contributed by atoms with Crippen LogP contribution in [-0.4, -0.2) is 18.6 Å². The molecule has 4 nitrogen and oxygen atoms in total. The minimum atomic E-state index is -0.318. The predicted molar refractivity (Wildman–Crippen MR) is 81.3 cm³/mol. The summed E-state index contributed by atoms with van der Waals surface area (Å²) in [5.41, 5.74) is 2.45. The molecule has 1 amide bonds. The van der Waals surface area contributed by atoms with Crippen LogP contribution < -0.4 is 5.32 Å². The van der Waals surface area contributed by atoms with E-state index in [9.17, 15) is 4.79 Å². The molecule has 106 valence electrons. The molecule has 2 aromatic carbocycles. The summed E-state index contributed by atoms with van der Waals surface area (Å²) < 4.78 is 11.2. The van der Waals surface area contributed by atoms with Gasteiger partial charge in [-0.05, 0) is 37.1 Å². The van der Waals surface area contributed by atoms with E-state index < -0.39 is 0 Å². The molecule has 1 saturated heterocycles. The van der Waals surface area contributed by atoms with Gasteiger partial charge in [0.05, 0.1) is 0 Å². The van der Waals surface area contributed by atoms with Crippen LogP contribution in [-0.2, 0) is 9.53 Å². The lowest BCUT2D eigenvalue weighted by Gasteiger charge is -2.10. The quantitative estimate of drug-likeness (QED) is 0.779. The van der Waals surface area contributed by atoms with Crippen molar-refractivity contribution in [2.45, 2.75) is 18.9 Å². The molecule has 1 aromatic heterocycles. The maximum Gasteiger partial charge on any atom is 0.253 e. The molecule has 4 rings (SSSR count). The summed E-state index contributed by atoms with van der Waals surface area (Å²) in [7, 11) is 0. The number of carbonyl (C=O) groups excluding carboxylic acids is 1. The molecule has 0 saturated carbocycles. The Morgan fingerprint density at radius 3 is 2.81 bits per heavy atom. The fraction of sp³-hybridized carbons (Fsp3) is 0.235. The van der Waals surface area contributed by atoms with E-state index in [0.29, 0.717) is 6.61 Å². The molecule has 0 spiro atoms. The molecular formula is C17H15NO3. The highest BCUT2D eigenvalue weighted by molar-refractivity contribution is 6.07. The Balaban J connectivity index is 1.69. The van der Waals surface area contributed by atoms with Gasteiger partial charge in [-0.25, -0.2) is 0 Å². The Hall–Kier alpha value is -2.33. The van der Waals surface area contributed by atoms with Crippen LogP contribution in [0.4, 0.5) is 5.69 Å². The maximum atomic E-state index is 12.1. The van der Waals surface area contributed by atoms with Gasteiger partial charge in [0.25, 0.3) is 5.91 Å². The van der Waals surface area contributed by atoms with Crippen molar-refractivity contribution in [2.75, 3.05) is 11.9 Å². The van der Waals surface area contributed by atoms with Gasteiger partial charge in [0, 0.05) is 23.1 Å². The lowest BCUT2D eigenvalue weighted by atomic mass is 10.1. The summed E-state index contributed by atoms with van der Waals surface area (Å²) in [6.07, 6.45) is 1.42. The largest absolute Gasteiger partial charge is 0.456 e. The monoisotopic (exact) mass is 281 g/mol. The fourth-order valence-electron chi connectivity index (χ4n) is 2.81. The number of ether oxygens (including phenoxy) is 1. The van der Waals surface area contributed by atoms with Crippen LogP contribution in [0.2, 0.25) is 0 Å². The van der Waals surface area contributed by atoms with Gasteiger partial charge in [0.1, 0.15) is 17.3 Å². The first-order valence-electron chi connectivity index (χ1n) is 7.15. The molecule has 0 bridgehead atoms. The molecular weight excluding hydrogens is 266 g/mol. The smallest absolute Gasteiger partial charge is 0.253 e. The van der Waals surface area contributed by atoms with Gasteiger partial charge in [0.2, 0.25) is 0 Å². The fourth-order valence-corrected chi connectivity index (χ4v) is 2.81. The van der Waals surface area contributed by atoms with E-state index in [0.717, 1.165) is 40.5 Å². The third-order valence-corrected chi connectivity index (χ3v) is 3.87. The molecule has 1 fully saturated rings. The molecule has 21 heavy (non-hydrogen) atoms. The van der Waals surface area contributed by atoms with Crippen LogP contribution in [0.5, 0.6) is 0 Å². The molecule has 2 heterocycles. The van der Waals surface area contributed by atoms with Crippen molar-refractivity contribution < 1.29 is 13.9 Å². The third-order valence-electron chi connectivity index (χ3n) is 3.87. The number of nitrogens with one attached hydrogen (secondary N) is 1. The lowest BCUT2D eigenvalue weighted by molar-refractivity contribution is -0.124. The van der Waals surface area contributed by atoms with Crippen LogP contribution in [0.3, 0.4) is 0 Å². The van der Waals surface area contributed by atoms with E-state index in [2.05, 4.69) is 5.32 Å². The Kier molecular flexibility index (Phi) is 2.89. The van der Waals surface area contributed by atoms with E-state index in [-0.39, 0.29) is 12.0 Å². The SMILES string of the molecule is O=C(Nc1ccc2oc3ccccc3c2c1)C1CCCO1. The normalized spacial score (nSPS) is 18.4. The van der Waals surface area contributed by atoms with Crippen LogP contribution in [0.1, 0.15) is 12.8 Å². The van der Waals surface area contributed by atoms with Crippen LogP contribution in [0.15, 0.2) is 46.9 Å². The number of amides is 1. The van der Waals surface area contributed by atoms with Crippen molar-refractivity contribution in [1.82, 2.24) is 0 Å². The number of fused-ring (bicyclic) bond motifs is 3. The molecule has 1 aliphatic heterocycles. The van der Waals surface area contributed by atoms with E-state index in [1.165, 1.54) is 0 Å². The maximum absolute atomic E-state index is 12.1. The molecule has 4 heteroatoms. The molecule has 3 aromatic rings. The van der Waals surface area contributed by atoms with Crippen molar-refractivity contribution in [1.29, 1.82) is 0 Å². The molecule has 1 N–H and O–H groups in total. The first-order chi connectivity index (χ1) is 10.3. The van der Waals surface area contributed by atoms with Gasteiger partial charge in [-0.1, -0.05) is 18.2 Å². The summed E-state index contributed by atoms with van der Waals surface area (Å²) in [4.78, 5) is 12.1. The zero-order chi connectivity index (χ0) is 14.2. The van der Waals surface area contributed by atoms with Crippen molar-refractivity contribution in [3.05, 3.63) is 42.5 Å². The zero-order valence-electron chi connectivity index (χ0n) is 11.5. The molecule has 0 radical (unpaired) electrons. The van der Waals surface area contributed by atoms with Crippen LogP contribution in [0, 0.1) is 0 Å². The number of hydrogen-bond acceptors (Lipinski definition) is 3. The first-order valence-corrected chi connectivity index (χ1v) is 7.15. The zero-order valence-corrected chi connectivity index (χ0v) is 11.5. The van der Waals surface area contributed by atoms with Gasteiger partial charge in [0.15, 0.2) is 0 Å². The number of para-hydroxylation sites is 1. The second kappa shape index (κ2) is 4.90. The van der Waals surface area contributed by atoms with Gasteiger partial charge in [-0.15, -0.1) is 0 Å². The lowest BCUT2D eigenvalue weighted by Crippen LogP contribution is -2.26. The number of furan rings is 1. The van der Waals surface area contributed by atoms with Crippen molar-refractivity contribution in [2.24, 2.45) is 0 Å². The highest BCUT2D eigenvalue weighted by atomic mass is 16.5. The van der Waals surface area contributed by atoms with Crippen molar-refractivity contribution in [3.63, 3.8) is 0 Å². The summed E-state index contributed by atoms with van der Waals surface area (Å²) >= 11 is 0. The van der Waals surface area contributed by atoms with Gasteiger partial charge in [-0.3, -0.25) is 4.79 Å². The predicted octanol–water partition coefficient (Wildman–Crippen LogP) is 3.70. The summed E-state index contributed by atoms with van der Waals surface area (Å²) in [5.74, 6) is -0.0698. The minimum absolute atomic E-state index is 0.0698. The Labute approximate surface area is 121 Å². The second-order valence-electron chi connectivity index (χ2n) is 5.30. The summed E-state index contributed by atoms with van der Waals surface area (Å²) in [5, 5.41) is 4.99. The number of carbonyl (C=O) groups is 1. The summed E-state index contributed by atoms with van der Waals surface area (Å²) in [6.45, 7) is 0.670. The Morgan fingerprint density at radius 1 is 1.10 bits per heavy atom. The third kappa shape index (κ3) is 2.17. The molecule has 1 aliphatic rings. The number of anilines is 1. The van der Waals surface area contributed by atoms with Gasteiger partial charge in [-0.2, -0.15) is 0 Å². The second-order valence-corrected chi connectivity index (χ2v) is 5.30. The van der Waals surface area contributed by atoms with Gasteiger partial charge >= 0.3 is 0 Å². The standard InChI is InChI=1S/C17H15NO3/c19-17(16-6-3-9-20-16)18-11-7-8-15-13(10-11)12-4-1-2-5-14(12)21-15/h1-2,4-5,7-8,10,16H,3,6,9H2,(H,18,19). The average Bonchev–Trinajstić information content (AvgIpc) is 3.14. The highest BCUT2D eigenvalue weighted by Crippen LogP contribution is 2.30. The number of rotatable bonds is 2. The highest BCUT2D eigenvalue weighted by Gasteiger charge is 2.23. The Bertz CT molecular complexity index is 815. The molecule has 0 aliphatic carbocycles. The van der Waals surface area contributed by atoms with Crippen molar-refractivity contribution >= 4 is 33.5 Å². The average molecular weight is 281 g/mol. The first kappa shape index (κ1) is 12.4. The molecule has 1 unspecified atom stereocenters. The molecule has 1 atom stereocenters. The van der Waals surface area contributed by atoms with Crippen LogP contribution >= 0.6 is 0 Å².